The Balaban J connectivity index is 2.02. The summed E-state index contributed by atoms with van der Waals surface area (Å²) >= 11 is 0. The van der Waals surface area contributed by atoms with Gasteiger partial charge in [-0.25, -0.2) is 0 Å². The summed E-state index contributed by atoms with van der Waals surface area (Å²) in [4.78, 5) is 4.88. The molecule has 68 valence electrons. The second-order valence-electron chi connectivity index (χ2n) is 4.09. The van der Waals surface area contributed by atoms with Gasteiger partial charge in [0, 0.05) is 19.1 Å². The van der Waals surface area contributed by atoms with Crippen molar-refractivity contribution in [1.29, 1.82) is 0 Å². The van der Waals surface area contributed by atoms with Gasteiger partial charge in [-0.15, -0.1) is 0 Å². The van der Waals surface area contributed by atoms with Crippen LogP contribution in [0.3, 0.4) is 0 Å². The van der Waals surface area contributed by atoms with E-state index >= 15 is 0 Å². The first-order valence-electron chi connectivity index (χ1n) is 4.88. The average Bonchev–Trinajstić information content (AvgIpc) is 2.46. The van der Waals surface area contributed by atoms with Gasteiger partial charge in [-0.2, -0.15) is 0 Å². The van der Waals surface area contributed by atoms with E-state index in [1.807, 2.05) is 6.20 Å². The molecule has 2 atom stereocenters. The lowest BCUT2D eigenvalue weighted by molar-refractivity contribution is 0.155. The predicted octanol–water partition coefficient (Wildman–Crippen LogP) is 1.16. The Morgan fingerprint density at radius 1 is 1.33 bits per heavy atom. The van der Waals surface area contributed by atoms with Gasteiger partial charge in [-0.3, -0.25) is 0 Å². The highest BCUT2D eigenvalue weighted by atomic mass is 15.2. The average molecular weight is 166 g/mol. The van der Waals surface area contributed by atoms with Gasteiger partial charge in [0.25, 0.3) is 0 Å². The van der Waals surface area contributed by atoms with Gasteiger partial charge in [-0.1, -0.05) is 6.58 Å². The molecule has 2 heterocycles. The highest BCUT2D eigenvalue weighted by Crippen LogP contribution is 2.30. The van der Waals surface area contributed by atoms with Crippen molar-refractivity contribution in [3.8, 4) is 0 Å². The van der Waals surface area contributed by atoms with Crippen LogP contribution in [0.5, 0.6) is 0 Å². The zero-order chi connectivity index (χ0) is 8.55. The van der Waals surface area contributed by atoms with Crippen molar-refractivity contribution in [3.63, 3.8) is 0 Å². The zero-order valence-electron chi connectivity index (χ0n) is 7.87. The third kappa shape index (κ3) is 1.24. The third-order valence-corrected chi connectivity index (χ3v) is 3.32. The van der Waals surface area contributed by atoms with Gasteiger partial charge in [-0.05, 0) is 38.6 Å². The highest BCUT2D eigenvalue weighted by Gasteiger charge is 2.35. The highest BCUT2D eigenvalue weighted by molar-refractivity contribution is 4.95. The fourth-order valence-corrected chi connectivity index (χ4v) is 2.63. The molecule has 2 saturated heterocycles. The molecule has 12 heavy (non-hydrogen) atoms. The lowest BCUT2D eigenvalue weighted by Gasteiger charge is -2.35. The normalized spacial score (nSPS) is 36.6. The van der Waals surface area contributed by atoms with E-state index in [-0.39, 0.29) is 0 Å². The van der Waals surface area contributed by atoms with Crippen LogP contribution in [0.2, 0.25) is 0 Å². The molecule has 0 amide bonds. The van der Waals surface area contributed by atoms with Crippen molar-refractivity contribution in [3.05, 3.63) is 12.8 Å². The summed E-state index contributed by atoms with van der Waals surface area (Å²) in [5.41, 5.74) is 0. The van der Waals surface area contributed by atoms with Crippen molar-refractivity contribution >= 4 is 0 Å². The minimum Gasteiger partial charge on any atom is -0.375 e. The zero-order valence-corrected chi connectivity index (χ0v) is 7.87. The second-order valence-corrected chi connectivity index (χ2v) is 4.09. The number of fused-ring (bicyclic) bond motifs is 1. The van der Waals surface area contributed by atoms with E-state index in [1.54, 1.807) is 0 Å². The van der Waals surface area contributed by atoms with Crippen LogP contribution < -0.4 is 0 Å². The van der Waals surface area contributed by atoms with Crippen LogP contribution in [0.1, 0.15) is 12.8 Å². The maximum Gasteiger partial charge on any atom is 0.0337 e. The molecule has 0 bridgehead atoms. The molecule has 2 rings (SSSR count). The van der Waals surface area contributed by atoms with Crippen LogP contribution >= 0.6 is 0 Å². The number of likely N-dealkylation sites (tertiary alicyclic amines) is 2. The summed E-state index contributed by atoms with van der Waals surface area (Å²) in [6, 6.07) is 0.804. The Hall–Kier alpha value is -0.500. The van der Waals surface area contributed by atoms with Crippen LogP contribution in [0.25, 0.3) is 0 Å². The van der Waals surface area contributed by atoms with E-state index in [0.29, 0.717) is 0 Å². The van der Waals surface area contributed by atoms with Crippen molar-refractivity contribution in [2.24, 2.45) is 5.92 Å². The summed E-state index contributed by atoms with van der Waals surface area (Å²) in [5.74, 6) is 0.904. The molecule has 2 aliphatic heterocycles. The van der Waals surface area contributed by atoms with Crippen molar-refractivity contribution in [1.82, 2.24) is 9.80 Å². The van der Waals surface area contributed by atoms with Crippen LogP contribution in [-0.2, 0) is 0 Å². The smallest absolute Gasteiger partial charge is 0.0337 e. The Morgan fingerprint density at radius 2 is 2.17 bits per heavy atom. The molecule has 2 heteroatoms. The molecule has 2 unspecified atom stereocenters. The first-order chi connectivity index (χ1) is 5.81. The summed E-state index contributed by atoms with van der Waals surface area (Å²) in [6.07, 6.45) is 4.71. The van der Waals surface area contributed by atoms with E-state index in [0.717, 1.165) is 12.0 Å². The number of hydrogen-bond donors (Lipinski definition) is 0. The summed E-state index contributed by atoms with van der Waals surface area (Å²) in [5, 5.41) is 0. The molecule has 0 saturated carbocycles. The number of hydrogen-bond acceptors (Lipinski definition) is 2. The fourth-order valence-electron chi connectivity index (χ4n) is 2.63. The van der Waals surface area contributed by atoms with E-state index in [9.17, 15) is 0 Å². The fraction of sp³-hybridized carbons (Fsp3) is 0.800. The third-order valence-electron chi connectivity index (χ3n) is 3.32. The van der Waals surface area contributed by atoms with Gasteiger partial charge in [0.05, 0.1) is 0 Å². The molecular formula is C10H18N2. The predicted molar refractivity (Wildman–Crippen MR) is 50.9 cm³/mol. The summed E-state index contributed by atoms with van der Waals surface area (Å²) in [7, 11) is 2.23. The second kappa shape index (κ2) is 3.09. The van der Waals surface area contributed by atoms with Crippen molar-refractivity contribution in [2.45, 2.75) is 18.9 Å². The molecule has 0 N–H and O–H groups in total. The lowest BCUT2D eigenvalue weighted by atomic mass is 9.93. The molecular weight excluding hydrogens is 148 g/mol. The van der Waals surface area contributed by atoms with Crippen LogP contribution in [0.15, 0.2) is 12.8 Å². The molecule has 0 aromatic rings. The van der Waals surface area contributed by atoms with Crippen LogP contribution in [-0.4, -0.2) is 42.5 Å². The monoisotopic (exact) mass is 166 g/mol. The number of rotatable bonds is 1. The Bertz CT molecular complexity index is 179. The van der Waals surface area contributed by atoms with Gasteiger partial charge in [0.15, 0.2) is 0 Å². The quantitative estimate of drug-likeness (QED) is 0.576. The topological polar surface area (TPSA) is 6.48 Å². The molecule has 0 spiro atoms. The first-order valence-corrected chi connectivity index (χ1v) is 4.88. The minimum atomic E-state index is 0.804. The van der Waals surface area contributed by atoms with E-state index in [2.05, 4.69) is 23.4 Å². The summed E-state index contributed by atoms with van der Waals surface area (Å²) in [6.45, 7) is 7.64. The van der Waals surface area contributed by atoms with Crippen molar-refractivity contribution in [2.75, 3.05) is 26.7 Å². The number of piperidine rings is 1. The van der Waals surface area contributed by atoms with Crippen molar-refractivity contribution < 1.29 is 0 Å². The molecule has 2 fully saturated rings. The summed E-state index contributed by atoms with van der Waals surface area (Å²) < 4.78 is 0. The molecule has 0 radical (unpaired) electrons. The van der Waals surface area contributed by atoms with Gasteiger partial charge < -0.3 is 9.80 Å². The van der Waals surface area contributed by atoms with E-state index < -0.39 is 0 Å². The van der Waals surface area contributed by atoms with E-state index in [1.165, 1.54) is 32.5 Å². The Kier molecular flexibility index (Phi) is 2.09. The molecule has 0 aliphatic carbocycles. The first kappa shape index (κ1) is 8.11. The Morgan fingerprint density at radius 3 is 2.92 bits per heavy atom. The van der Waals surface area contributed by atoms with Gasteiger partial charge >= 0.3 is 0 Å². The van der Waals surface area contributed by atoms with Crippen LogP contribution in [0.4, 0.5) is 0 Å². The maximum absolute atomic E-state index is 3.87. The number of nitrogens with zero attached hydrogens (tertiary/aromatic N) is 2. The molecule has 0 aromatic heterocycles. The SMILES string of the molecule is C=CN1CCC2CN(C)CCC21. The Labute approximate surface area is 74.8 Å². The molecule has 0 aromatic carbocycles. The largest absolute Gasteiger partial charge is 0.375 e. The minimum absolute atomic E-state index is 0.804. The van der Waals surface area contributed by atoms with Gasteiger partial charge in [0.1, 0.15) is 0 Å². The lowest BCUT2D eigenvalue weighted by Crippen LogP contribution is -2.42. The van der Waals surface area contributed by atoms with E-state index in [4.69, 9.17) is 0 Å². The molecule has 2 nitrogen and oxygen atoms in total. The van der Waals surface area contributed by atoms with Crippen LogP contribution in [0, 0.1) is 5.92 Å². The standard InChI is InChI=1S/C10H18N2/c1-3-12-7-4-9-8-11(2)6-5-10(9)12/h3,9-10H,1,4-8H2,2H3. The van der Waals surface area contributed by atoms with Gasteiger partial charge in [0.2, 0.25) is 0 Å². The molecule has 2 aliphatic rings. The maximum atomic E-state index is 3.87.